The van der Waals surface area contributed by atoms with Gasteiger partial charge in [-0.2, -0.15) is 11.8 Å². The third-order valence-corrected chi connectivity index (χ3v) is 6.97. The summed E-state index contributed by atoms with van der Waals surface area (Å²) in [6.07, 6.45) is 6.63. The van der Waals surface area contributed by atoms with Gasteiger partial charge in [-0.25, -0.2) is 0 Å². The van der Waals surface area contributed by atoms with Gasteiger partial charge in [-0.3, -0.25) is 9.69 Å². The summed E-state index contributed by atoms with van der Waals surface area (Å²) < 4.78 is 0.384. The van der Waals surface area contributed by atoms with E-state index < -0.39 is 0 Å². The molecule has 1 saturated carbocycles. The summed E-state index contributed by atoms with van der Waals surface area (Å²) in [6.45, 7) is 4.04. The molecule has 1 aromatic carbocycles. The van der Waals surface area contributed by atoms with Crippen molar-refractivity contribution in [1.82, 2.24) is 4.90 Å². The lowest BCUT2D eigenvalue weighted by Crippen LogP contribution is -2.53. The third kappa shape index (κ3) is 4.04. The minimum absolute atomic E-state index is 0.0379. The van der Waals surface area contributed by atoms with E-state index in [-0.39, 0.29) is 11.9 Å². The van der Waals surface area contributed by atoms with Gasteiger partial charge in [0, 0.05) is 23.6 Å². The van der Waals surface area contributed by atoms with E-state index in [0.717, 1.165) is 18.8 Å². The standard InChI is InChI=1S/C18H25ClN2OS/c1-14(17(22)20-16-8-4-3-7-15(16)19)21-11-12-23-18(13-21)9-5-2-6-10-18/h3-4,7-8,14H,2,5-6,9-13H2,1H3,(H,20,22)/t14-/m0/s1. The molecule has 1 spiro atoms. The maximum atomic E-state index is 12.6. The van der Waals surface area contributed by atoms with E-state index in [1.54, 1.807) is 6.07 Å². The van der Waals surface area contributed by atoms with Crippen LogP contribution in [0.15, 0.2) is 24.3 Å². The topological polar surface area (TPSA) is 32.3 Å². The summed E-state index contributed by atoms with van der Waals surface area (Å²) >= 11 is 8.28. The second kappa shape index (κ2) is 7.45. The smallest absolute Gasteiger partial charge is 0.241 e. The number of hydrogen-bond donors (Lipinski definition) is 1. The quantitative estimate of drug-likeness (QED) is 0.874. The normalized spacial score (nSPS) is 22.7. The number of anilines is 1. The van der Waals surface area contributed by atoms with Crippen molar-refractivity contribution in [2.24, 2.45) is 0 Å². The number of carbonyl (C=O) groups excluding carboxylic acids is 1. The van der Waals surface area contributed by atoms with Crippen LogP contribution in [0.1, 0.15) is 39.0 Å². The van der Waals surface area contributed by atoms with Crippen molar-refractivity contribution in [3.8, 4) is 0 Å². The first-order valence-corrected chi connectivity index (χ1v) is 9.89. The van der Waals surface area contributed by atoms with Gasteiger partial charge in [0.2, 0.25) is 5.91 Å². The number of carbonyl (C=O) groups is 1. The monoisotopic (exact) mass is 352 g/mol. The molecule has 0 radical (unpaired) electrons. The van der Waals surface area contributed by atoms with Crippen molar-refractivity contribution >= 4 is 35.0 Å². The maximum Gasteiger partial charge on any atom is 0.241 e. The highest BCUT2D eigenvalue weighted by atomic mass is 35.5. The van der Waals surface area contributed by atoms with E-state index in [1.807, 2.05) is 25.1 Å². The average molecular weight is 353 g/mol. The Balaban J connectivity index is 1.63. The van der Waals surface area contributed by atoms with Crippen LogP contribution in [0.4, 0.5) is 5.69 Å². The molecule has 5 heteroatoms. The average Bonchev–Trinajstić information content (AvgIpc) is 2.57. The summed E-state index contributed by atoms with van der Waals surface area (Å²) in [5, 5.41) is 3.57. The molecule has 1 heterocycles. The first-order valence-electron chi connectivity index (χ1n) is 8.53. The molecular formula is C18H25ClN2OS. The van der Waals surface area contributed by atoms with E-state index >= 15 is 0 Å². The Morgan fingerprint density at radius 2 is 2.04 bits per heavy atom. The first kappa shape index (κ1) is 17.1. The number of benzene rings is 1. The molecule has 2 aliphatic rings. The molecule has 1 amide bonds. The number of para-hydroxylation sites is 1. The molecule has 3 nitrogen and oxygen atoms in total. The van der Waals surface area contributed by atoms with Gasteiger partial charge in [0.1, 0.15) is 0 Å². The van der Waals surface area contributed by atoms with Crippen LogP contribution in [-0.4, -0.2) is 40.4 Å². The van der Waals surface area contributed by atoms with Crippen LogP contribution in [-0.2, 0) is 4.79 Å². The number of amides is 1. The fourth-order valence-corrected chi connectivity index (χ4v) is 5.45. The van der Waals surface area contributed by atoms with E-state index in [1.165, 1.54) is 32.1 Å². The lowest BCUT2D eigenvalue weighted by Gasteiger charge is -2.46. The van der Waals surface area contributed by atoms with Gasteiger partial charge in [0.05, 0.1) is 16.8 Å². The Bertz CT molecular complexity index is 554. The van der Waals surface area contributed by atoms with E-state index in [4.69, 9.17) is 11.6 Å². The zero-order valence-corrected chi connectivity index (χ0v) is 15.3. The molecule has 0 bridgehead atoms. The highest BCUT2D eigenvalue weighted by Crippen LogP contribution is 2.43. The third-order valence-electron chi connectivity index (χ3n) is 5.10. The summed E-state index contributed by atoms with van der Waals surface area (Å²) in [5.41, 5.74) is 0.699. The second-order valence-corrected chi connectivity index (χ2v) is 8.68. The lowest BCUT2D eigenvalue weighted by atomic mass is 9.87. The minimum Gasteiger partial charge on any atom is -0.323 e. The Morgan fingerprint density at radius 3 is 2.78 bits per heavy atom. The van der Waals surface area contributed by atoms with Crippen LogP contribution in [0, 0.1) is 0 Å². The molecule has 1 N–H and O–H groups in total. The van der Waals surface area contributed by atoms with Crippen LogP contribution in [0.2, 0.25) is 5.02 Å². The molecule has 0 aromatic heterocycles. The minimum atomic E-state index is -0.119. The molecular weight excluding hydrogens is 328 g/mol. The van der Waals surface area contributed by atoms with E-state index in [9.17, 15) is 4.79 Å². The van der Waals surface area contributed by atoms with Gasteiger partial charge in [0.15, 0.2) is 0 Å². The Labute approximate surface area is 148 Å². The first-order chi connectivity index (χ1) is 11.1. The Hall–Kier alpha value is -0.710. The van der Waals surface area contributed by atoms with E-state index in [2.05, 4.69) is 22.0 Å². The lowest BCUT2D eigenvalue weighted by molar-refractivity contribution is -0.120. The van der Waals surface area contributed by atoms with Gasteiger partial charge in [-0.1, -0.05) is 43.0 Å². The predicted octanol–water partition coefficient (Wildman–Crippen LogP) is 4.42. The van der Waals surface area contributed by atoms with Crippen molar-refractivity contribution in [3.63, 3.8) is 0 Å². The van der Waals surface area contributed by atoms with Gasteiger partial charge in [-0.15, -0.1) is 0 Å². The summed E-state index contributed by atoms with van der Waals surface area (Å²) in [4.78, 5) is 15.0. The molecule has 3 rings (SSSR count). The van der Waals surface area contributed by atoms with Crippen molar-refractivity contribution in [3.05, 3.63) is 29.3 Å². The van der Waals surface area contributed by atoms with Crippen LogP contribution >= 0.6 is 23.4 Å². The molecule has 23 heavy (non-hydrogen) atoms. The fraction of sp³-hybridized carbons (Fsp3) is 0.611. The molecule has 1 aliphatic carbocycles. The Kier molecular flexibility index (Phi) is 5.55. The van der Waals surface area contributed by atoms with Crippen molar-refractivity contribution in [1.29, 1.82) is 0 Å². The van der Waals surface area contributed by atoms with Crippen LogP contribution in [0.25, 0.3) is 0 Å². The molecule has 1 aromatic rings. The van der Waals surface area contributed by atoms with Crippen LogP contribution in [0.5, 0.6) is 0 Å². The second-order valence-electron chi connectivity index (χ2n) is 6.71. The number of rotatable bonds is 3. The highest BCUT2D eigenvalue weighted by Gasteiger charge is 2.39. The van der Waals surface area contributed by atoms with Crippen molar-refractivity contribution < 1.29 is 4.79 Å². The zero-order chi connectivity index (χ0) is 16.3. The SMILES string of the molecule is C[C@@H](C(=O)Nc1ccccc1Cl)N1CCSC2(CCCCC2)C1. The summed E-state index contributed by atoms with van der Waals surface area (Å²) in [5.74, 6) is 1.17. The van der Waals surface area contributed by atoms with Gasteiger partial charge >= 0.3 is 0 Å². The molecule has 1 atom stereocenters. The Morgan fingerprint density at radius 1 is 1.30 bits per heavy atom. The molecule has 1 aliphatic heterocycles. The number of nitrogens with zero attached hydrogens (tertiary/aromatic N) is 1. The van der Waals surface area contributed by atoms with Gasteiger partial charge < -0.3 is 5.32 Å². The number of halogens is 1. The van der Waals surface area contributed by atoms with Crippen LogP contribution in [0.3, 0.4) is 0 Å². The largest absolute Gasteiger partial charge is 0.323 e. The molecule has 1 saturated heterocycles. The van der Waals surface area contributed by atoms with Gasteiger partial charge in [0.25, 0.3) is 0 Å². The maximum absolute atomic E-state index is 12.6. The summed E-state index contributed by atoms with van der Waals surface area (Å²) in [7, 11) is 0. The molecule has 0 unspecified atom stereocenters. The van der Waals surface area contributed by atoms with Crippen molar-refractivity contribution in [2.75, 3.05) is 24.2 Å². The van der Waals surface area contributed by atoms with E-state index in [0.29, 0.717) is 15.5 Å². The molecule has 126 valence electrons. The highest BCUT2D eigenvalue weighted by molar-refractivity contribution is 8.00. The summed E-state index contributed by atoms with van der Waals surface area (Å²) in [6, 6.07) is 7.29. The molecule has 2 fully saturated rings. The number of thioether (sulfide) groups is 1. The predicted molar refractivity (Wildman–Crippen MR) is 99.4 cm³/mol. The van der Waals surface area contributed by atoms with Crippen LogP contribution < -0.4 is 5.32 Å². The number of nitrogens with one attached hydrogen (secondary N) is 1. The van der Waals surface area contributed by atoms with Crippen molar-refractivity contribution in [2.45, 2.75) is 49.8 Å². The zero-order valence-electron chi connectivity index (χ0n) is 13.7. The van der Waals surface area contributed by atoms with Gasteiger partial charge in [-0.05, 0) is 31.9 Å². The fourth-order valence-electron chi connectivity index (χ4n) is 3.67. The number of hydrogen-bond acceptors (Lipinski definition) is 3.